The van der Waals surface area contributed by atoms with Gasteiger partial charge in [-0.2, -0.15) is 0 Å². The molecule has 0 aliphatic heterocycles. The Kier molecular flexibility index (Phi) is 3.33. The Morgan fingerprint density at radius 1 is 1.12 bits per heavy atom. The summed E-state index contributed by atoms with van der Waals surface area (Å²) in [6.07, 6.45) is 0. The second kappa shape index (κ2) is 4.91. The van der Waals surface area contributed by atoms with Crippen molar-refractivity contribution in [1.82, 2.24) is 0 Å². The Bertz CT molecular complexity index is 531. The van der Waals surface area contributed by atoms with Crippen LogP contribution >= 0.6 is 0 Å². The number of rotatable bonds is 3. The third-order valence-corrected chi connectivity index (χ3v) is 2.33. The van der Waals surface area contributed by atoms with E-state index >= 15 is 0 Å². The summed E-state index contributed by atoms with van der Waals surface area (Å²) >= 11 is 0. The van der Waals surface area contributed by atoms with Gasteiger partial charge in [-0.3, -0.25) is 0 Å². The maximum Gasteiger partial charge on any atom is 0.130 e. The third kappa shape index (κ3) is 2.78. The van der Waals surface area contributed by atoms with Crippen molar-refractivity contribution < 1.29 is 9.13 Å². The molecule has 0 atom stereocenters. The highest BCUT2D eigenvalue weighted by molar-refractivity contribution is 6.32. The summed E-state index contributed by atoms with van der Waals surface area (Å²) in [5, 5.41) is 3.00. The van der Waals surface area contributed by atoms with E-state index in [-0.39, 0.29) is 5.46 Å². The Hall–Kier alpha value is -1.97. The Labute approximate surface area is 101 Å². The Balaban J connectivity index is 2.22. The first-order chi connectivity index (χ1) is 8.19. The minimum atomic E-state index is -0.479. The van der Waals surface area contributed by atoms with E-state index in [4.69, 9.17) is 12.6 Å². The van der Waals surface area contributed by atoms with Crippen LogP contribution in [0.4, 0.5) is 10.1 Å². The van der Waals surface area contributed by atoms with Crippen LogP contribution in [0.25, 0.3) is 0 Å². The van der Waals surface area contributed by atoms with Gasteiger partial charge in [0.25, 0.3) is 0 Å². The van der Waals surface area contributed by atoms with Gasteiger partial charge in [0.2, 0.25) is 0 Å². The zero-order valence-corrected chi connectivity index (χ0v) is 9.41. The van der Waals surface area contributed by atoms with Gasteiger partial charge in [0.1, 0.15) is 25.2 Å². The summed E-state index contributed by atoms with van der Waals surface area (Å²) in [5.41, 5.74) is 1.04. The van der Waals surface area contributed by atoms with E-state index in [1.54, 1.807) is 12.1 Å². The van der Waals surface area contributed by atoms with Gasteiger partial charge in [0.15, 0.2) is 0 Å². The summed E-state index contributed by atoms with van der Waals surface area (Å²) in [7, 11) is 7.21. The molecule has 2 radical (unpaired) electrons. The number of nitrogens with one attached hydrogen (secondary N) is 1. The van der Waals surface area contributed by atoms with Crippen molar-refractivity contribution in [3.05, 3.63) is 48.3 Å². The molecule has 0 saturated heterocycles. The van der Waals surface area contributed by atoms with Crippen molar-refractivity contribution in [2.75, 3.05) is 12.4 Å². The minimum Gasteiger partial charge on any atom is -0.457 e. The fourth-order valence-corrected chi connectivity index (χ4v) is 1.42. The summed E-state index contributed by atoms with van der Waals surface area (Å²) < 4.78 is 18.7. The molecule has 84 valence electrons. The molecular weight excluding hydrogens is 216 g/mol. The molecule has 0 aliphatic rings. The van der Waals surface area contributed by atoms with Crippen molar-refractivity contribution in [1.29, 1.82) is 0 Å². The van der Waals surface area contributed by atoms with Crippen molar-refractivity contribution >= 4 is 19.0 Å². The van der Waals surface area contributed by atoms with E-state index in [2.05, 4.69) is 5.32 Å². The van der Waals surface area contributed by atoms with Crippen LogP contribution in [0.2, 0.25) is 0 Å². The first-order valence-electron chi connectivity index (χ1n) is 5.20. The molecule has 0 saturated carbocycles. The average molecular weight is 227 g/mol. The van der Waals surface area contributed by atoms with Crippen LogP contribution in [-0.2, 0) is 0 Å². The normalized spacial score (nSPS) is 10.0. The van der Waals surface area contributed by atoms with Gasteiger partial charge in [0, 0.05) is 24.9 Å². The summed E-state index contributed by atoms with van der Waals surface area (Å²) in [6, 6.07) is 11.8. The zero-order valence-electron chi connectivity index (χ0n) is 9.41. The monoisotopic (exact) mass is 227 g/mol. The molecule has 2 aromatic carbocycles. The molecule has 2 nitrogen and oxygen atoms in total. The number of benzene rings is 2. The fraction of sp³-hybridized carbons (Fsp3) is 0.0769. The molecule has 1 N–H and O–H groups in total. The van der Waals surface area contributed by atoms with E-state index < -0.39 is 5.82 Å². The minimum absolute atomic E-state index is 0.112. The average Bonchev–Trinajstić information content (AvgIpc) is 2.34. The first-order valence-corrected chi connectivity index (χ1v) is 5.20. The van der Waals surface area contributed by atoms with Gasteiger partial charge < -0.3 is 10.1 Å². The molecule has 0 aromatic heterocycles. The second-order valence-corrected chi connectivity index (χ2v) is 3.56. The highest BCUT2D eigenvalue weighted by atomic mass is 19.1. The van der Waals surface area contributed by atoms with E-state index in [0.29, 0.717) is 11.5 Å². The van der Waals surface area contributed by atoms with Crippen LogP contribution in [0.5, 0.6) is 11.5 Å². The highest BCUT2D eigenvalue weighted by Gasteiger charge is 2.02. The van der Waals surface area contributed by atoms with Gasteiger partial charge in [-0.05, 0) is 18.2 Å². The van der Waals surface area contributed by atoms with Gasteiger partial charge in [-0.15, -0.1) is 0 Å². The number of hydrogen-bond donors (Lipinski definition) is 1. The topological polar surface area (TPSA) is 21.3 Å². The molecule has 0 aliphatic carbocycles. The van der Waals surface area contributed by atoms with E-state index in [1.807, 2.05) is 25.2 Å². The zero-order chi connectivity index (χ0) is 12.3. The van der Waals surface area contributed by atoms with Crippen molar-refractivity contribution in [3.8, 4) is 11.5 Å². The van der Waals surface area contributed by atoms with Crippen molar-refractivity contribution in [3.63, 3.8) is 0 Å². The smallest absolute Gasteiger partial charge is 0.130 e. The maximum atomic E-state index is 13.2. The molecule has 0 heterocycles. The van der Waals surface area contributed by atoms with Gasteiger partial charge in [0.05, 0.1) is 0 Å². The van der Waals surface area contributed by atoms with Crippen molar-refractivity contribution in [2.24, 2.45) is 0 Å². The maximum absolute atomic E-state index is 13.2. The lowest BCUT2D eigenvalue weighted by atomic mass is 9.96. The molecule has 0 unspecified atom stereocenters. The number of hydrogen-bond acceptors (Lipinski definition) is 2. The highest BCUT2D eigenvalue weighted by Crippen LogP contribution is 2.23. The van der Waals surface area contributed by atoms with E-state index in [1.165, 1.54) is 12.1 Å². The molecule has 2 aromatic rings. The number of halogens is 1. The predicted octanol–water partition coefficient (Wildman–Crippen LogP) is 2.45. The second-order valence-electron chi connectivity index (χ2n) is 3.56. The molecule has 0 bridgehead atoms. The summed E-state index contributed by atoms with van der Waals surface area (Å²) in [5.74, 6) is 0.582. The lowest BCUT2D eigenvalue weighted by molar-refractivity contribution is 0.477. The quantitative estimate of drug-likeness (QED) is 0.813. The first kappa shape index (κ1) is 11.5. The van der Waals surface area contributed by atoms with E-state index in [9.17, 15) is 4.39 Å². The van der Waals surface area contributed by atoms with E-state index in [0.717, 1.165) is 5.69 Å². The van der Waals surface area contributed by atoms with Crippen LogP contribution in [0.1, 0.15) is 0 Å². The largest absolute Gasteiger partial charge is 0.457 e. The molecule has 0 amide bonds. The van der Waals surface area contributed by atoms with Crippen LogP contribution < -0.4 is 15.5 Å². The van der Waals surface area contributed by atoms with Gasteiger partial charge >= 0.3 is 0 Å². The van der Waals surface area contributed by atoms with Gasteiger partial charge in [-0.1, -0.05) is 17.6 Å². The number of ether oxygens (including phenoxy) is 1. The fourth-order valence-electron chi connectivity index (χ4n) is 1.42. The molecular formula is C13H11BFNO. The molecule has 17 heavy (non-hydrogen) atoms. The number of anilines is 1. The predicted molar refractivity (Wildman–Crippen MR) is 67.9 cm³/mol. The Morgan fingerprint density at radius 2 is 1.88 bits per heavy atom. The SMILES string of the molecule is [B]c1ccc(Oc2cccc(NC)c2)cc1F. The molecule has 2 rings (SSSR count). The molecule has 0 spiro atoms. The Morgan fingerprint density at radius 3 is 2.59 bits per heavy atom. The van der Waals surface area contributed by atoms with Crippen LogP contribution in [-0.4, -0.2) is 14.9 Å². The van der Waals surface area contributed by atoms with Crippen LogP contribution in [0.3, 0.4) is 0 Å². The van der Waals surface area contributed by atoms with Crippen molar-refractivity contribution in [2.45, 2.75) is 0 Å². The summed E-state index contributed by atoms with van der Waals surface area (Å²) in [4.78, 5) is 0. The summed E-state index contributed by atoms with van der Waals surface area (Å²) in [6.45, 7) is 0. The lowest BCUT2D eigenvalue weighted by Gasteiger charge is -2.08. The standard InChI is InChI=1S/C13H11BFNO/c1-16-9-3-2-4-10(7-9)17-11-5-6-12(14)13(15)8-11/h2-8,16H,1H3. The van der Waals surface area contributed by atoms with Crippen LogP contribution in [0, 0.1) is 5.82 Å². The lowest BCUT2D eigenvalue weighted by Crippen LogP contribution is -2.07. The molecule has 0 fully saturated rings. The van der Waals surface area contributed by atoms with Gasteiger partial charge in [-0.25, -0.2) is 4.39 Å². The van der Waals surface area contributed by atoms with Crippen LogP contribution in [0.15, 0.2) is 42.5 Å². The third-order valence-electron chi connectivity index (χ3n) is 2.33. The molecule has 4 heteroatoms.